The first-order chi connectivity index (χ1) is 13.4. The van der Waals surface area contributed by atoms with Gasteiger partial charge in [0.15, 0.2) is 9.84 Å². The number of rotatable bonds is 5. The van der Waals surface area contributed by atoms with Crippen molar-refractivity contribution in [3.05, 3.63) is 28.0 Å². The Morgan fingerprint density at radius 2 is 1.96 bits per heavy atom. The fourth-order valence-corrected chi connectivity index (χ4v) is 6.55. The van der Waals surface area contributed by atoms with Gasteiger partial charge >= 0.3 is 5.69 Å². The van der Waals surface area contributed by atoms with Gasteiger partial charge in [-0.2, -0.15) is 9.36 Å². The predicted octanol–water partition coefficient (Wildman–Crippen LogP) is 0.839. The van der Waals surface area contributed by atoms with Crippen LogP contribution in [0.3, 0.4) is 0 Å². The zero-order valence-corrected chi connectivity index (χ0v) is 17.1. The topological polar surface area (TPSA) is 107 Å². The number of carbonyl (C=O) groups excluding carboxylic acids is 1. The van der Waals surface area contributed by atoms with Crippen LogP contribution in [0.2, 0.25) is 0 Å². The molecule has 0 aromatic carbocycles. The minimum atomic E-state index is -3.11. The quantitative estimate of drug-likeness (QED) is 0.703. The molecule has 152 valence electrons. The summed E-state index contributed by atoms with van der Waals surface area (Å²) in [4.78, 5) is 27.5. The Hall–Kier alpha value is -2.01. The number of sulfone groups is 1. The van der Waals surface area contributed by atoms with Gasteiger partial charge in [-0.25, -0.2) is 13.2 Å². The number of carbonyl (C=O) groups is 1. The number of nitrogens with zero attached hydrogens (tertiary/aromatic N) is 5. The van der Waals surface area contributed by atoms with Gasteiger partial charge in [0.05, 0.1) is 11.5 Å². The molecule has 11 heteroatoms. The SMILES string of the molecule is O=C(Cn1nnn(-c2cccs2)c1=O)N(C1CCCCC1)C1CCS(=O)(=O)C1. The van der Waals surface area contributed by atoms with Crippen molar-refractivity contribution in [1.82, 2.24) is 24.7 Å². The van der Waals surface area contributed by atoms with Gasteiger partial charge in [-0.1, -0.05) is 19.3 Å². The first kappa shape index (κ1) is 19.3. The lowest BCUT2D eigenvalue weighted by Crippen LogP contribution is -2.50. The average Bonchev–Trinajstić information content (AvgIpc) is 3.38. The van der Waals surface area contributed by atoms with E-state index in [1.54, 1.807) is 11.0 Å². The van der Waals surface area contributed by atoms with Crippen molar-refractivity contribution >= 4 is 27.1 Å². The fourth-order valence-electron chi connectivity index (χ4n) is 4.17. The zero-order chi connectivity index (χ0) is 19.7. The molecule has 1 saturated heterocycles. The van der Waals surface area contributed by atoms with Crippen LogP contribution in [-0.2, 0) is 21.2 Å². The molecule has 9 nitrogen and oxygen atoms in total. The van der Waals surface area contributed by atoms with Gasteiger partial charge in [0, 0.05) is 12.1 Å². The average molecular weight is 426 g/mol. The summed E-state index contributed by atoms with van der Waals surface area (Å²) in [7, 11) is -3.11. The second kappa shape index (κ2) is 7.78. The summed E-state index contributed by atoms with van der Waals surface area (Å²) >= 11 is 1.36. The molecular weight excluding hydrogens is 402 g/mol. The molecule has 1 aliphatic carbocycles. The zero-order valence-electron chi connectivity index (χ0n) is 15.4. The van der Waals surface area contributed by atoms with Gasteiger partial charge in [-0.3, -0.25) is 4.79 Å². The van der Waals surface area contributed by atoms with Gasteiger partial charge in [0.1, 0.15) is 11.5 Å². The van der Waals surface area contributed by atoms with Gasteiger partial charge in [0.2, 0.25) is 5.91 Å². The molecule has 1 atom stereocenters. The van der Waals surface area contributed by atoms with Gasteiger partial charge in [0.25, 0.3) is 0 Å². The first-order valence-corrected chi connectivity index (χ1v) is 12.2. The normalized spacial score (nSPS) is 22.4. The smallest absolute Gasteiger partial charge is 0.334 e. The molecule has 1 saturated carbocycles. The number of hydrogen-bond donors (Lipinski definition) is 0. The van der Waals surface area contributed by atoms with E-state index in [0.717, 1.165) is 36.8 Å². The lowest BCUT2D eigenvalue weighted by molar-refractivity contribution is -0.137. The summed E-state index contributed by atoms with van der Waals surface area (Å²) in [6.07, 6.45) is 5.40. The number of aromatic nitrogens is 4. The molecular formula is C17H23N5O4S2. The predicted molar refractivity (Wildman–Crippen MR) is 104 cm³/mol. The van der Waals surface area contributed by atoms with E-state index in [1.807, 2.05) is 11.4 Å². The van der Waals surface area contributed by atoms with Crippen molar-refractivity contribution in [2.24, 2.45) is 0 Å². The van der Waals surface area contributed by atoms with E-state index < -0.39 is 15.5 Å². The van der Waals surface area contributed by atoms with Crippen LogP contribution in [0.1, 0.15) is 38.5 Å². The summed E-state index contributed by atoms with van der Waals surface area (Å²) in [5.41, 5.74) is -0.474. The van der Waals surface area contributed by atoms with Crippen molar-refractivity contribution in [2.75, 3.05) is 11.5 Å². The van der Waals surface area contributed by atoms with Crippen LogP contribution in [0.4, 0.5) is 0 Å². The van der Waals surface area contributed by atoms with Crippen LogP contribution in [-0.4, -0.2) is 62.6 Å². The minimum Gasteiger partial charge on any atom is -0.334 e. The van der Waals surface area contributed by atoms with Crippen molar-refractivity contribution < 1.29 is 13.2 Å². The van der Waals surface area contributed by atoms with E-state index in [1.165, 1.54) is 16.0 Å². The Morgan fingerprint density at radius 1 is 1.18 bits per heavy atom. The summed E-state index contributed by atoms with van der Waals surface area (Å²) in [5.74, 6) is -0.136. The summed E-state index contributed by atoms with van der Waals surface area (Å²) in [6, 6.07) is 3.28. The summed E-state index contributed by atoms with van der Waals surface area (Å²) < 4.78 is 26.2. The standard InChI is InChI=1S/C17H23N5O4S2/c23-15(11-20-17(24)22(19-18-20)16-7-4-9-27-16)21(13-5-2-1-3-6-13)14-8-10-28(25,26)12-14/h4,7,9,13-14H,1-3,5-6,8,10-12H2. The molecule has 1 aliphatic heterocycles. The van der Waals surface area contributed by atoms with E-state index in [-0.39, 0.29) is 36.0 Å². The van der Waals surface area contributed by atoms with Crippen molar-refractivity contribution in [2.45, 2.75) is 57.2 Å². The summed E-state index contributed by atoms with van der Waals surface area (Å²) in [6.45, 7) is -0.225. The molecule has 2 aromatic rings. The second-order valence-corrected chi connectivity index (χ2v) is 10.6. The highest BCUT2D eigenvalue weighted by Crippen LogP contribution is 2.28. The molecule has 2 aromatic heterocycles. The number of thiophene rings is 1. The van der Waals surface area contributed by atoms with E-state index >= 15 is 0 Å². The molecule has 1 amide bonds. The van der Waals surface area contributed by atoms with Crippen molar-refractivity contribution in [1.29, 1.82) is 0 Å². The van der Waals surface area contributed by atoms with Crippen molar-refractivity contribution in [3.8, 4) is 5.00 Å². The largest absolute Gasteiger partial charge is 0.369 e. The third-order valence-corrected chi connectivity index (χ3v) is 8.09. The lowest BCUT2D eigenvalue weighted by atomic mass is 9.93. The highest BCUT2D eigenvalue weighted by atomic mass is 32.2. The molecule has 4 rings (SSSR count). The second-order valence-electron chi connectivity index (χ2n) is 7.43. The van der Waals surface area contributed by atoms with Crippen LogP contribution in [0.5, 0.6) is 0 Å². The maximum Gasteiger partial charge on any atom is 0.369 e. The van der Waals surface area contributed by atoms with E-state index in [2.05, 4.69) is 10.4 Å². The monoisotopic (exact) mass is 425 g/mol. The molecule has 28 heavy (non-hydrogen) atoms. The number of hydrogen-bond acceptors (Lipinski definition) is 7. The Labute approximate surface area is 166 Å². The van der Waals surface area contributed by atoms with E-state index in [9.17, 15) is 18.0 Å². The molecule has 3 heterocycles. The molecule has 1 unspecified atom stereocenters. The Bertz CT molecular complexity index is 989. The molecule has 0 radical (unpaired) electrons. The third-order valence-electron chi connectivity index (χ3n) is 5.50. The highest BCUT2D eigenvalue weighted by molar-refractivity contribution is 7.91. The van der Waals surface area contributed by atoms with Crippen LogP contribution in [0, 0.1) is 0 Å². The van der Waals surface area contributed by atoms with Crippen LogP contribution in [0.25, 0.3) is 5.00 Å². The van der Waals surface area contributed by atoms with Gasteiger partial charge < -0.3 is 4.90 Å². The number of amides is 1. The van der Waals surface area contributed by atoms with Crippen LogP contribution >= 0.6 is 11.3 Å². The van der Waals surface area contributed by atoms with E-state index in [4.69, 9.17) is 0 Å². The lowest BCUT2D eigenvalue weighted by Gasteiger charge is -2.38. The fraction of sp³-hybridized carbons (Fsp3) is 0.647. The first-order valence-electron chi connectivity index (χ1n) is 9.53. The highest BCUT2D eigenvalue weighted by Gasteiger charge is 2.38. The molecule has 0 bridgehead atoms. The Balaban J connectivity index is 1.57. The molecule has 0 spiro atoms. The van der Waals surface area contributed by atoms with Crippen LogP contribution in [0.15, 0.2) is 22.3 Å². The third kappa shape index (κ3) is 3.90. The number of tetrazole rings is 1. The van der Waals surface area contributed by atoms with Gasteiger partial charge in [-0.15, -0.1) is 11.3 Å². The molecule has 0 N–H and O–H groups in total. The molecule has 2 aliphatic rings. The minimum absolute atomic E-state index is 0.00598. The van der Waals surface area contributed by atoms with Crippen LogP contribution < -0.4 is 5.69 Å². The molecule has 2 fully saturated rings. The maximum absolute atomic E-state index is 13.2. The van der Waals surface area contributed by atoms with E-state index in [0.29, 0.717) is 11.4 Å². The Kier molecular flexibility index (Phi) is 5.37. The van der Waals surface area contributed by atoms with Crippen molar-refractivity contribution in [3.63, 3.8) is 0 Å². The van der Waals surface area contributed by atoms with Gasteiger partial charge in [-0.05, 0) is 47.2 Å². The maximum atomic E-state index is 13.2. The summed E-state index contributed by atoms with van der Waals surface area (Å²) in [5, 5.41) is 10.2. The Morgan fingerprint density at radius 3 is 2.61 bits per heavy atom.